The fourth-order valence-electron chi connectivity index (χ4n) is 4.34. The summed E-state index contributed by atoms with van der Waals surface area (Å²) in [7, 11) is -2.33. The molecule has 226 valence electrons. The topological polar surface area (TPSA) is 145 Å². The van der Waals surface area contributed by atoms with E-state index < -0.39 is 52.7 Å². The number of sulfonamides is 1. The Morgan fingerprint density at radius 1 is 0.900 bits per heavy atom. The minimum absolute atomic E-state index is 0.0697. The molecule has 0 radical (unpaired) electrons. The fourth-order valence-corrected chi connectivity index (χ4v) is 5.74. The lowest BCUT2D eigenvalue weighted by Gasteiger charge is -2.44. The van der Waals surface area contributed by atoms with Crippen LogP contribution in [0.15, 0.2) is 29.2 Å². The molecule has 2 fully saturated rings. The van der Waals surface area contributed by atoms with Gasteiger partial charge in [0.15, 0.2) is 12.4 Å². The van der Waals surface area contributed by atoms with Gasteiger partial charge in [0.2, 0.25) is 10.0 Å². The Balaban J connectivity index is 1.73. The zero-order chi connectivity index (χ0) is 29.1. The maximum Gasteiger partial charge on any atom is 0.303 e. The number of nitrogens with zero attached hydrogens (tertiary/aromatic N) is 1. The number of esters is 2. The highest BCUT2D eigenvalue weighted by atomic mass is 32.2. The highest BCUT2D eigenvalue weighted by Gasteiger charge is 2.50. The van der Waals surface area contributed by atoms with Crippen LogP contribution >= 0.6 is 0 Å². The first-order valence-electron chi connectivity index (χ1n) is 13.1. The third kappa shape index (κ3) is 9.17. The molecule has 0 bridgehead atoms. The van der Waals surface area contributed by atoms with Crippen molar-refractivity contribution in [3.8, 4) is 0 Å². The zero-order valence-electron chi connectivity index (χ0n) is 23.3. The van der Waals surface area contributed by atoms with Gasteiger partial charge in [-0.05, 0) is 19.1 Å². The monoisotopic (exact) mass is 589 g/mol. The Labute approximate surface area is 234 Å². The van der Waals surface area contributed by atoms with Crippen molar-refractivity contribution in [2.45, 2.75) is 56.4 Å². The summed E-state index contributed by atoms with van der Waals surface area (Å²) < 4.78 is 73.3. The second-order valence-electron chi connectivity index (χ2n) is 9.27. The number of benzene rings is 1. The Morgan fingerprint density at radius 2 is 1.50 bits per heavy atom. The van der Waals surface area contributed by atoms with Gasteiger partial charge in [0, 0.05) is 34.0 Å². The average Bonchev–Trinajstić information content (AvgIpc) is 2.91. The van der Waals surface area contributed by atoms with Crippen LogP contribution in [0.1, 0.15) is 19.4 Å². The minimum atomic E-state index is -3.76. The van der Waals surface area contributed by atoms with E-state index in [9.17, 15) is 18.0 Å². The first-order valence-corrected chi connectivity index (χ1v) is 14.5. The van der Waals surface area contributed by atoms with Gasteiger partial charge >= 0.3 is 11.9 Å². The third-order valence-electron chi connectivity index (χ3n) is 6.28. The number of fused-ring (bicyclic) bond motifs is 1. The summed E-state index contributed by atoms with van der Waals surface area (Å²) >= 11 is 0. The van der Waals surface area contributed by atoms with Crippen LogP contribution in [0.2, 0.25) is 0 Å². The van der Waals surface area contributed by atoms with Crippen molar-refractivity contribution in [1.29, 1.82) is 0 Å². The number of carbonyl (C=O) groups excluding carboxylic acids is 2. The largest absolute Gasteiger partial charge is 0.463 e. The number of hydrogen-bond acceptors (Lipinski definition) is 12. The van der Waals surface area contributed by atoms with Gasteiger partial charge in [-0.2, -0.15) is 4.31 Å². The molecule has 14 heteroatoms. The molecule has 2 heterocycles. The second kappa shape index (κ2) is 15.7. The summed E-state index contributed by atoms with van der Waals surface area (Å²) in [6.07, 6.45) is -4.45. The fraction of sp³-hybridized carbons (Fsp3) is 0.692. The maximum atomic E-state index is 13.2. The van der Waals surface area contributed by atoms with E-state index in [1.54, 1.807) is 24.3 Å². The summed E-state index contributed by atoms with van der Waals surface area (Å²) in [5.74, 6) is -1.10. The van der Waals surface area contributed by atoms with Crippen LogP contribution in [0.4, 0.5) is 0 Å². The van der Waals surface area contributed by atoms with Crippen LogP contribution in [-0.4, -0.2) is 122 Å². The van der Waals surface area contributed by atoms with Gasteiger partial charge in [-0.3, -0.25) is 9.59 Å². The van der Waals surface area contributed by atoms with Gasteiger partial charge in [-0.25, -0.2) is 8.42 Å². The Bertz CT molecular complexity index is 1050. The van der Waals surface area contributed by atoms with E-state index in [-0.39, 0.29) is 64.2 Å². The van der Waals surface area contributed by atoms with Crippen LogP contribution in [0.25, 0.3) is 0 Å². The molecule has 5 atom stereocenters. The number of rotatable bonds is 6. The van der Waals surface area contributed by atoms with E-state index in [2.05, 4.69) is 0 Å². The lowest BCUT2D eigenvalue weighted by molar-refractivity contribution is -0.314. The highest BCUT2D eigenvalue weighted by Crippen LogP contribution is 2.29. The Kier molecular flexibility index (Phi) is 12.7. The van der Waals surface area contributed by atoms with Crippen molar-refractivity contribution >= 4 is 22.0 Å². The van der Waals surface area contributed by atoms with Crippen molar-refractivity contribution < 1.29 is 55.9 Å². The van der Waals surface area contributed by atoms with Gasteiger partial charge in [0.1, 0.15) is 24.9 Å². The van der Waals surface area contributed by atoms with E-state index in [0.717, 1.165) is 5.56 Å². The Hall–Kier alpha value is -2.17. The van der Waals surface area contributed by atoms with E-state index in [1.165, 1.54) is 25.3 Å². The summed E-state index contributed by atoms with van der Waals surface area (Å²) in [5.41, 5.74) is 0.956. The van der Waals surface area contributed by atoms with E-state index in [0.29, 0.717) is 0 Å². The van der Waals surface area contributed by atoms with Crippen molar-refractivity contribution in [3.05, 3.63) is 29.8 Å². The molecule has 0 amide bonds. The van der Waals surface area contributed by atoms with Crippen LogP contribution in [0.5, 0.6) is 0 Å². The molecule has 2 aliphatic heterocycles. The lowest BCUT2D eigenvalue weighted by Crippen LogP contribution is -2.62. The summed E-state index contributed by atoms with van der Waals surface area (Å²) in [5, 5.41) is 0. The van der Waals surface area contributed by atoms with Gasteiger partial charge < -0.3 is 37.9 Å². The predicted molar refractivity (Wildman–Crippen MR) is 139 cm³/mol. The molecule has 0 spiro atoms. The molecule has 1 aromatic carbocycles. The van der Waals surface area contributed by atoms with Crippen molar-refractivity contribution in [2.24, 2.45) is 0 Å². The first-order chi connectivity index (χ1) is 19.1. The van der Waals surface area contributed by atoms with Gasteiger partial charge in [0.25, 0.3) is 0 Å². The molecule has 2 saturated heterocycles. The van der Waals surface area contributed by atoms with Gasteiger partial charge in [-0.15, -0.1) is 0 Å². The van der Waals surface area contributed by atoms with Crippen LogP contribution in [0, 0.1) is 6.92 Å². The smallest absolute Gasteiger partial charge is 0.303 e. The standard InChI is InChI=1S/C26H39NO12S/c1-18-5-7-21(8-6-18)40(30,31)27-9-11-33-13-15-35-24-23(38-20(3)29)22(17-37-19(2)28)39-26(32-4)25(24)36-16-14-34-12-10-27/h5-8,22-26H,9-17H2,1-4H3/t22-,23-,24+,25-,26+/m1/s1. The zero-order valence-corrected chi connectivity index (χ0v) is 24.1. The van der Waals surface area contributed by atoms with Crippen LogP contribution < -0.4 is 0 Å². The molecule has 0 N–H and O–H groups in total. The molecule has 3 rings (SSSR count). The normalized spacial score (nSPS) is 27.9. The molecule has 2 aliphatic rings. The molecule has 0 aromatic heterocycles. The molecule has 0 aliphatic carbocycles. The number of aryl methyl sites for hydroxylation is 1. The SMILES string of the molecule is CO[C@H]1O[C@H](COC(C)=O)[C@@H](OC(C)=O)[C@@H]2OCCOCCN(S(=O)(=O)c3ccc(C)cc3)CCOCCO[C@@H]12. The summed E-state index contributed by atoms with van der Waals surface area (Å²) in [6.45, 7) is 5.12. The number of methoxy groups -OCH3 is 1. The predicted octanol–water partition coefficient (Wildman–Crippen LogP) is 0.669. The van der Waals surface area contributed by atoms with Crippen LogP contribution in [0.3, 0.4) is 0 Å². The minimum Gasteiger partial charge on any atom is -0.463 e. The van der Waals surface area contributed by atoms with Crippen molar-refractivity contribution in [1.82, 2.24) is 4.31 Å². The molecule has 13 nitrogen and oxygen atoms in total. The van der Waals surface area contributed by atoms with Gasteiger partial charge in [-0.1, -0.05) is 17.7 Å². The quantitative estimate of drug-likeness (QED) is 0.430. The molecular weight excluding hydrogens is 550 g/mol. The number of ether oxygens (including phenoxy) is 8. The summed E-state index contributed by atoms with van der Waals surface area (Å²) in [4.78, 5) is 23.6. The maximum absolute atomic E-state index is 13.2. The van der Waals surface area contributed by atoms with Crippen molar-refractivity contribution in [2.75, 3.05) is 66.4 Å². The average molecular weight is 590 g/mol. The lowest BCUT2D eigenvalue weighted by atomic mass is 9.98. The first kappa shape index (κ1) is 32.3. The molecule has 0 saturated carbocycles. The van der Waals surface area contributed by atoms with E-state index in [1.807, 2.05) is 6.92 Å². The van der Waals surface area contributed by atoms with Crippen LogP contribution in [-0.2, 0) is 57.5 Å². The third-order valence-corrected chi connectivity index (χ3v) is 8.19. The summed E-state index contributed by atoms with van der Waals surface area (Å²) in [6, 6.07) is 6.65. The highest BCUT2D eigenvalue weighted by molar-refractivity contribution is 7.89. The number of hydrogen-bond donors (Lipinski definition) is 0. The molecular formula is C26H39NO12S. The van der Waals surface area contributed by atoms with E-state index in [4.69, 9.17) is 37.9 Å². The molecule has 40 heavy (non-hydrogen) atoms. The van der Waals surface area contributed by atoms with E-state index >= 15 is 0 Å². The molecule has 0 unspecified atom stereocenters. The second-order valence-corrected chi connectivity index (χ2v) is 11.2. The molecule has 1 aromatic rings. The Morgan fingerprint density at radius 3 is 2.05 bits per heavy atom. The number of carbonyl (C=O) groups is 2. The van der Waals surface area contributed by atoms with Crippen molar-refractivity contribution in [3.63, 3.8) is 0 Å². The van der Waals surface area contributed by atoms with Gasteiger partial charge in [0.05, 0.1) is 44.5 Å².